The van der Waals surface area contributed by atoms with E-state index in [1.165, 1.54) is 10.9 Å². The van der Waals surface area contributed by atoms with Gasteiger partial charge in [0.1, 0.15) is 16.8 Å². The van der Waals surface area contributed by atoms with Crippen molar-refractivity contribution in [2.24, 2.45) is 5.73 Å². The van der Waals surface area contributed by atoms with Gasteiger partial charge < -0.3 is 26.0 Å². The molecule has 1 unspecified atom stereocenters. The molecule has 0 bridgehead atoms. The number of hydrogen-bond donors (Lipinski definition) is 4. The number of para-hydroxylation sites is 1. The van der Waals surface area contributed by atoms with Crippen LogP contribution in [0.2, 0.25) is 0 Å². The van der Waals surface area contributed by atoms with Crippen LogP contribution in [0.1, 0.15) is 54.5 Å². The lowest BCUT2D eigenvalue weighted by Crippen LogP contribution is -2.34. The number of imidazole rings is 1. The van der Waals surface area contributed by atoms with Crippen LogP contribution in [0.15, 0.2) is 84.3 Å². The first kappa shape index (κ1) is 30.8. The number of pyridine rings is 1. The second kappa shape index (κ2) is 12.1. The molecule has 0 saturated carbocycles. The molecule has 13 nitrogen and oxygen atoms in total. The second-order valence-electron chi connectivity index (χ2n) is 12.5. The molecule has 1 atom stereocenters. The number of benzene rings is 2. The van der Waals surface area contributed by atoms with E-state index in [1.807, 2.05) is 18.2 Å². The summed E-state index contributed by atoms with van der Waals surface area (Å²) in [4.78, 5) is 49.6. The van der Waals surface area contributed by atoms with Crippen LogP contribution in [0.25, 0.3) is 27.9 Å². The average Bonchev–Trinajstić information content (AvgIpc) is 3.64. The lowest BCUT2D eigenvalue weighted by molar-refractivity contribution is 0.0737. The van der Waals surface area contributed by atoms with Crippen molar-refractivity contribution in [1.82, 2.24) is 34.3 Å². The van der Waals surface area contributed by atoms with Gasteiger partial charge in [0, 0.05) is 36.6 Å². The SMILES string of the molecule is C=CCn1c(=O)c2cnc(Nc3ccc(N4CCCC(c5nc6cccc(C(N)=O)c6[nH]5)C4)cc3)nc2n1-c1cccc(C(C)(C)O)n1. The van der Waals surface area contributed by atoms with Gasteiger partial charge >= 0.3 is 0 Å². The number of amides is 1. The lowest BCUT2D eigenvalue weighted by atomic mass is 9.97. The zero-order chi connectivity index (χ0) is 33.6. The Labute approximate surface area is 275 Å². The van der Waals surface area contributed by atoms with Gasteiger partial charge in [-0.2, -0.15) is 4.98 Å². The average molecular weight is 645 g/mol. The Morgan fingerprint density at radius 2 is 1.92 bits per heavy atom. The number of H-pyrrole nitrogens is 1. The topological polar surface area (TPSA) is 173 Å². The summed E-state index contributed by atoms with van der Waals surface area (Å²) >= 11 is 0. The molecule has 1 fully saturated rings. The van der Waals surface area contributed by atoms with E-state index in [2.05, 4.69) is 43.9 Å². The highest BCUT2D eigenvalue weighted by Gasteiger charge is 2.26. The monoisotopic (exact) mass is 644 g/mol. The van der Waals surface area contributed by atoms with Crippen LogP contribution >= 0.6 is 0 Å². The first-order valence-electron chi connectivity index (χ1n) is 15.8. The molecule has 48 heavy (non-hydrogen) atoms. The van der Waals surface area contributed by atoms with Gasteiger partial charge in [-0.15, -0.1) is 6.58 Å². The summed E-state index contributed by atoms with van der Waals surface area (Å²) < 4.78 is 3.13. The van der Waals surface area contributed by atoms with Crippen LogP contribution < -0.4 is 21.5 Å². The fourth-order valence-electron chi connectivity index (χ4n) is 6.26. The minimum absolute atomic E-state index is 0.175. The number of aliphatic hydroxyl groups is 1. The largest absolute Gasteiger partial charge is 0.384 e. The number of carbonyl (C=O) groups excluding carboxylic acids is 1. The summed E-state index contributed by atoms with van der Waals surface area (Å²) in [6.45, 7) is 9.05. The molecule has 0 radical (unpaired) electrons. The third kappa shape index (κ3) is 5.68. The normalized spacial score (nSPS) is 15.2. The van der Waals surface area contributed by atoms with E-state index >= 15 is 0 Å². The van der Waals surface area contributed by atoms with Crippen LogP contribution in [0.4, 0.5) is 17.3 Å². The summed E-state index contributed by atoms with van der Waals surface area (Å²) in [7, 11) is 0. The molecule has 6 aromatic rings. The third-order valence-corrected chi connectivity index (χ3v) is 8.65. The van der Waals surface area contributed by atoms with Crippen LogP contribution in [0.3, 0.4) is 0 Å². The predicted molar refractivity (Wildman–Crippen MR) is 185 cm³/mol. The fraction of sp³-hybridized carbons (Fsp3) is 0.257. The maximum Gasteiger partial charge on any atom is 0.278 e. The van der Waals surface area contributed by atoms with Crippen molar-refractivity contribution in [3.8, 4) is 5.82 Å². The Balaban J connectivity index is 1.13. The van der Waals surface area contributed by atoms with Crippen LogP contribution in [-0.4, -0.2) is 58.4 Å². The Hall–Kier alpha value is -5.82. The van der Waals surface area contributed by atoms with Crippen molar-refractivity contribution < 1.29 is 9.90 Å². The number of aromatic amines is 1. The standard InChI is InChI=1S/C35H36N10O3/c1-4-17-44-33(47)25-19-37-34(42-32(25)45(44)28-12-6-11-27(40-28)35(2,3)48)38-22-13-15-23(16-14-22)43-18-7-8-21(20-43)31-39-26-10-5-9-24(30(36)46)29(26)41-31/h4-6,9-16,19,21,48H,1,7-8,17-18,20H2,2-3H3,(H2,36,46)(H,39,41)(H,37,38,42). The second-order valence-corrected chi connectivity index (χ2v) is 12.5. The number of aromatic nitrogens is 7. The number of carbonyl (C=O) groups is 1. The summed E-state index contributed by atoms with van der Waals surface area (Å²) in [5.41, 5.74) is 8.70. The van der Waals surface area contributed by atoms with E-state index < -0.39 is 11.5 Å². The van der Waals surface area contributed by atoms with Crippen molar-refractivity contribution in [2.75, 3.05) is 23.3 Å². The van der Waals surface area contributed by atoms with E-state index in [9.17, 15) is 14.7 Å². The number of primary amides is 1. The first-order chi connectivity index (χ1) is 23.1. The predicted octanol–water partition coefficient (Wildman–Crippen LogP) is 4.49. The molecular formula is C35H36N10O3. The smallest absolute Gasteiger partial charge is 0.278 e. The van der Waals surface area contributed by atoms with Crippen molar-refractivity contribution in [3.05, 3.63) is 107 Å². The molecule has 244 valence electrons. The molecule has 1 aliphatic heterocycles. The van der Waals surface area contributed by atoms with E-state index in [0.717, 1.165) is 48.6 Å². The minimum Gasteiger partial charge on any atom is -0.384 e. The first-order valence-corrected chi connectivity index (χ1v) is 15.8. The van der Waals surface area contributed by atoms with Gasteiger partial charge in [0.25, 0.3) is 11.5 Å². The number of nitrogens with one attached hydrogen (secondary N) is 2. The molecule has 5 heterocycles. The number of allylic oxidation sites excluding steroid dienone is 1. The zero-order valence-electron chi connectivity index (χ0n) is 26.7. The summed E-state index contributed by atoms with van der Waals surface area (Å²) in [6, 6.07) is 18.7. The number of anilines is 3. The molecule has 0 spiro atoms. The summed E-state index contributed by atoms with van der Waals surface area (Å²) in [5, 5.41) is 14.2. The summed E-state index contributed by atoms with van der Waals surface area (Å²) in [5.74, 6) is 1.31. The molecule has 1 amide bonds. The van der Waals surface area contributed by atoms with E-state index in [-0.39, 0.29) is 18.0 Å². The maximum absolute atomic E-state index is 13.3. The van der Waals surface area contributed by atoms with Gasteiger partial charge in [-0.25, -0.2) is 24.3 Å². The maximum atomic E-state index is 13.3. The van der Waals surface area contributed by atoms with E-state index in [4.69, 9.17) is 15.7 Å². The van der Waals surface area contributed by atoms with Gasteiger partial charge in [0.15, 0.2) is 11.5 Å². The van der Waals surface area contributed by atoms with Crippen molar-refractivity contribution in [2.45, 2.75) is 44.8 Å². The Kier molecular flexibility index (Phi) is 7.76. The highest BCUT2D eigenvalue weighted by atomic mass is 16.3. The lowest BCUT2D eigenvalue weighted by Gasteiger charge is -2.33. The molecule has 4 aromatic heterocycles. The van der Waals surface area contributed by atoms with Crippen molar-refractivity contribution in [1.29, 1.82) is 0 Å². The number of rotatable bonds is 9. The van der Waals surface area contributed by atoms with Crippen LogP contribution in [-0.2, 0) is 12.1 Å². The third-order valence-electron chi connectivity index (χ3n) is 8.65. The molecule has 0 aliphatic carbocycles. The van der Waals surface area contributed by atoms with Crippen molar-refractivity contribution >= 4 is 45.3 Å². The van der Waals surface area contributed by atoms with Crippen molar-refractivity contribution in [3.63, 3.8) is 0 Å². The quantitative estimate of drug-likeness (QED) is 0.165. The number of piperidine rings is 1. The molecule has 7 rings (SSSR count). The van der Waals surface area contributed by atoms with E-state index in [1.54, 1.807) is 54.9 Å². The number of nitrogens with two attached hydrogens (primary N) is 1. The minimum atomic E-state index is -1.17. The molecular weight excluding hydrogens is 608 g/mol. The Morgan fingerprint density at radius 3 is 2.67 bits per heavy atom. The summed E-state index contributed by atoms with van der Waals surface area (Å²) in [6.07, 6.45) is 5.12. The molecule has 5 N–H and O–H groups in total. The van der Waals surface area contributed by atoms with Crippen LogP contribution in [0, 0.1) is 0 Å². The van der Waals surface area contributed by atoms with Gasteiger partial charge in [0.05, 0.1) is 28.8 Å². The zero-order valence-corrected chi connectivity index (χ0v) is 26.7. The highest BCUT2D eigenvalue weighted by molar-refractivity contribution is 6.04. The number of hydrogen-bond acceptors (Lipinski definition) is 9. The fourth-order valence-corrected chi connectivity index (χ4v) is 6.26. The van der Waals surface area contributed by atoms with E-state index in [0.29, 0.717) is 39.6 Å². The number of nitrogens with zero attached hydrogens (tertiary/aromatic N) is 7. The Bertz CT molecular complexity index is 2230. The van der Waals surface area contributed by atoms with Gasteiger partial charge in [-0.05, 0) is 75.2 Å². The Morgan fingerprint density at radius 1 is 1.12 bits per heavy atom. The molecule has 13 heteroatoms. The number of fused-ring (bicyclic) bond motifs is 2. The van der Waals surface area contributed by atoms with Gasteiger partial charge in [-0.1, -0.05) is 18.2 Å². The molecule has 1 aliphatic rings. The highest BCUT2D eigenvalue weighted by Crippen LogP contribution is 2.31. The van der Waals surface area contributed by atoms with Gasteiger partial charge in [-0.3, -0.25) is 9.59 Å². The van der Waals surface area contributed by atoms with Crippen LogP contribution in [0.5, 0.6) is 0 Å². The molecule has 1 saturated heterocycles. The molecule has 2 aromatic carbocycles. The van der Waals surface area contributed by atoms with Gasteiger partial charge in [0.2, 0.25) is 5.95 Å².